The Balaban J connectivity index is 1.72. The fraction of sp³-hybridized carbons (Fsp3) is 0.600. The minimum Gasteiger partial charge on any atom is -0.469 e. The van der Waals surface area contributed by atoms with Crippen molar-refractivity contribution in [3.63, 3.8) is 0 Å². The Hall–Kier alpha value is -2.50. The zero-order valence-electron chi connectivity index (χ0n) is 18.6. The predicted molar refractivity (Wildman–Crippen MR) is 113 cm³/mol. The summed E-state index contributed by atoms with van der Waals surface area (Å²) in [6.07, 6.45) is 10.3. The Morgan fingerprint density at radius 2 is 1.97 bits per heavy atom. The summed E-state index contributed by atoms with van der Waals surface area (Å²) in [6.45, 7) is 5.22. The fourth-order valence-corrected chi connectivity index (χ4v) is 7.01. The Kier molecular flexibility index (Phi) is 5.31. The first kappa shape index (κ1) is 21.7. The number of esters is 2. The van der Waals surface area contributed by atoms with Crippen LogP contribution in [0.1, 0.15) is 46.5 Å². The number of ketones is 2. The number of ether oxygens (including phenoxy) is 2. The fourth-order valence-electron chi connectivity index (χ4n) is 7.01. The molecule has 0 aromatic carbocycles. The SMILES string of the molecule is COC(=O)[C@H]1C[C@]2(C)C(C(=O)COC(C)=O)=CC[C@H]2[C@@H]2CCC3=CC(=O)C=C[C@]3(C)[C@H]21. The van der Waals surface area contributed by atoms with Gasteiger partial charge in [-0.2, -0.15) is 0 Å². The molecule has 2 fully saturated rings. The Bertz CT molecular complexity index is 940. The van der Waals surface area contributed by atoms with Crippen molar-refractivity contribution in [2.75, 3.05) is 13.7 Å². The highest BCUT2D eigenvalue weighted by Crippen LogP contribution is 2.66. The van der Waals surface area contributed by atoms with Crippen LogP contribution < -0.4 is 0 Å². The van der Waals surface area contributed by atoms with Gasteiger partial charge in [-0.3, -0.25) is 19.2 Å². The van der Waals surface area contributed by atoms with E-state index in [0.717, 1.165) is 24.8 Å². The number of rotatable bonds is 4. The van der Waals surface area contributed by atoms with Crippen molar-refractivity contribution in [3.05, 3.63) is 35.5 Å². The zero-order chi connectivity index (χ0) is 22.6. The van der Waals surface area contributed by atoms with Gasteiger partial charge in [0.1, 0.15) is 0 Å². The molecular formula is C25H30O6. The summed E-state index contributed by atoms with van der Waals surface area (Å²) in [5.74, 6) is -0.860. The van der Waals surface area contributed by atoms with Gasteiger partial charge in [-0.05, 0) is 55.6 Å². The standard InChI is InChI=1S/C25H30O6/c1-14(26)31-13-21(28)20-8-7-19-17-6-5-15-11-16(27)9-10-24(15,2)22(17)18(23(29)30-4)12-25(19,20)3/h8-11,17-19,22H,5-7,12-13H2,1-4H3/t17-,18-,19-,22+,24-,25-/m0/s1. The summed E-state index contributed by atoms with van der Waals surface area (Å²) in [7, 11) is 1.41. The first-order valence-electron chi connectivity index (χ1n) is 11.0. The molecule has 0 unspecified atom stereocenters. The van der Waals surface area contributed by atoms with E-state index in [1.54, 1.807) is 12.2 Å². The van der Waals surface area contributed by atoms with Gasteiger partial charge in [0.2, 0.25) is 0 Å². The summed E-state index contributed by atoms with van der Waals surface area (Å²) >= 11 is 0. The van der Waals surface area contributed by atoms with Crippen LogP contribution >= 0.6 is 0 Å². The number of hydrogen-bond acceptors (Lipinski definition) is 6. The average molecular weight is 427 g/mol. The highest BCUT2D eigenvalue weighted by molar-refractivity contribution is 6.01. The summed E-state index contributed by atoms with van der Waals surface area (Å²) in [4.78, 5) is 49.2. The lowest BCUT2D eigenvalue weighted by atomic mass is 9.44. The van der Waals surface area contributed by atoms with Gasteiger partial charge in [0.25, 0.3) is 0 Å². The smallest absolute Gasteiger partial charge is 0.309 e. The molecule has 6 heteroatoms. The first-order valence-corrected chi connectivity index (χ1v) is 11.0. The number of hydrogen-bond donors (Lipinski definition) is 0. The number of carbonyl (C=O) groups excluding carboxylic acids is 4. The molecule has 0 spiro atoms. The molecule has 4 aliphatic carbocycles. The number of Topliss-reactive ketones (excluding diaryl/α,β-unsaturated/α-hetero) is 1. The molecule has 4 aliphatic rings. The van der Waals surface area contributed by atoms with Crippen LogP contribution in [0.4, 0.5) is 0 Å². The van der Waals surface area contributed by atoms with Gasteiger partial charge >= 0.3 is 11.9 Å². The zero-order valence-corrected chi connectivity index (χ0v) is 18.6. The molecule has 0 aliphatic heterocycles. The van der Waals surface area contributed by atoms with E-state index < -0.39 is 11.4 Å². The number of fused-ring (bicyclic) bond motifs is 5. The van der Waals surface area contributed by atoms with E-state index >= 15 is 0 Å². The molecule has 4 rings (SSSR count). The summed E-state index contributed by atoms with van der Waals surface area (Å²) in [6, 6.07) is 0. The normalized spacial score (nSPS) is 38.3. The monoisotopic (exact) mass is 426 g/mol. The summed E-state index contributed by atoms with van der Waals surface area (Å²) in [5.41, 5.74) is 0.924. The molecule has 31 heavy (non-hydrogen) atoms. The van der Waals surface area contributed by atoms with Crippen LogP contribution in [0.2, 0.25) is 0 Å². The average Bonchev–Trinajstić information content (AvgIpc) is 3.08. The molecule has 0 saturated heterocycles. The molecule has 0 N–H and O–H groups in total. The van der Waals surface area contributed by atoms with Crippen LogP contribution in [-0.2, 0) is 28.7 Å². The number of carbonyl (C=O) groups is 4. The van der Waals surface area contributed by atoms with Gasteiger partial charge < -0.3 is 9.47 Å². The van der Waals surface area contributed by atoms with Gasteiger partial charge in [-0.1, -0.05) is 31.6 Å². The van der Waals surface area contributed by atoms with E-state index in [-0.39, 0.29) is 53.2 Å². The van der Waals surface area contributed by atoms with Crippen LogP contribution in [0.3, 0.4) is 0 Å². The quantitative estimate of drug-likeness (QED) is 0.641. The molecule has 0 bridgehead atoms. The van der Waals surface area contributed by atoms with Crippen LogP contribution in [0.15, 0.2) is 35.5 Å². The second kappa shape index (κ2) is 7.57. The maximum Gasteiger partial charge on any atom is 0.309 e. The van der Waals surface area contributed by atoms with Crippen molar-refractivity contribution in [1.29, 1.82) is 0 Å². The van der Waals surface area contributed by atoms with Gasteiger partial charge in [0.05, 0.1) is 13.0 Å². The van der Waals surface area contributed by atoms with Gasteiger partial charge in [0, 0.05) is 23.3 Å². The maximum absolute atomic E-state index is 13.0. The van der Waals surface area contributed by atoms with E-state index in [1.807, 2.05) is 12.2 Å². The van der Waals surface area contributed by atoms with Crippen molar-refractivity contribution in [3.8, 4) is 0 Å². The largest absolute Gasteiger partial charge is 0.469 e. The lowest BCUT2D eigenvalue weighted by Crippen LogP contribution is -2.55. The second-order valence-corrected chi connectivity index (χ2v) is 9.83. The number of methoxy groups -OCH3 is 1. The molecule has 6 nitrogen and oxygen atoms in total. The molecule has 0 aromatic rings. The lowest BCUT2D eigenvalue weighted by Gasteiger charge is -2.58. The molecule has 0 aromatic heterocycles. The third-order valence-electron chi connectivity index (χ3n) is 8.32. The molecule has 6 atom stereocenters. The lowest BCUT2D eigenvalue weighted by molar-refractivity contribution is -0.159. The predicted octanol–water partition coefficient (Wildman–Crippen LogP) is 3.36. The summed E-state index contributed by atoms with van der Waals surface area (Å²) in [5, 5.41) is 0. The van der Waals surface area contributed by atoms with Crippen LogP contribution in [0, 0.1) is 34.5 Å². The highest BCUT2D eigenvalue weighted by Gasteiger charge is 2.62. The number of allylic oxidation sites excluding steroid dienone is 5. The van der Waals surface area contributed by atoms with Crippen molar-refractivity contribution in [2.24, 2.45) is 34.5 Å². The van der Waals surface area contributed by atoms with E-state index in [9.17, 15) is 19.2 Å². The third-order valence-corrected chi connectivity index (χ3v) is 8.32. The van der Waals surface area contributed by atoms with Gasteiger partial charge in [0.15, 0.2) is 18.2 Å². The molecule has 0 amide bonds. The van der Waals surface area contributed by atoms with E-state index in [2.05, 4.69) is 13.8 Å². The van der Waals surface area contributed by atoms with E-state index in [4.69, 9.17) is 9.47 Å². The van der Waals surface area contributed by atoms with Crippen molar-refractivity contribution < 1.29 is 28.7 Å². The van der Waals surface area contributed by atoms with Crippen LogP contribution in [-0.4, -0.2) is 37.2 Å². The topological polar surface area (TPSA) is 86.7 Å². The minimum atomic E-state index is -0.483. The van der Waals surface area contributed by atoms with Crippen molar-refractivity contribution in [2.45, 2.75) is 46.5 Å². The van der Waals surface area contributed by atoms with Crippen LogP contribution in [0.25, 0.3) is 0 Å². The molecular weight excluding hydrogens is 396 g/mol. The molecule has 0 heterocycles. The summed E-state index contributed by atoms with van der Waals surface area (Å²) < 4.78 is 10.2. The second-order valence-electron chi connectivity index (χ2n) is 9.83. The van der Waals surface area contributed by atoms with Crippen molar-refractivity contribution >= 4 is 23.5 Å². The third kappa shape index (κ3) is 3.31. The Morgan fingerprint density at radius 1 is 1.23 bits per heavy atom. The molecule has 0 radical (unpaired) electrons. The first-order chi connectivity index (χ1) is 14.6. The molecule has 166 valence electrons. The Labute approximate surface area is 182 Å². The highest BCUT2D eigenvalue weighted by atomic mass is 16.5. The van der Waals surface area contributed by atoms with E-state index in [0.29, 0.717) is 12.0 Å². The maximum atomic E-state index is 13.0. The molecule has 2 saturated carbocycles. The van der Waals surface area contributed by atoms with Gasteiger partial charge in [-0.15, -0.1) is 0 Å². The van der Waals surface area contributed by atoms with Crippen LogP contribution in [0.5, 0.6) is 0 Å². The van der Waals surface area contributed by atoms with E-state index in [1.165, 1.54) is 14.0 Å². The minimum absolute atomic E-state index is 0.00192. The van der Waals surface area contributed by atoms with Crippen molar-refractivity contribution in [1.82, 2.24) is 0 Å². The Morgan fingerprint density at radius 3 is 2.65 bits per heavy atom. The van der Waals surface area contributed by atoms with Gasteiger partial charge in [-0.25, -0.2) is 0 Å².